The molecule has 1 fully saturated rings. The first kappa shape index (κ1) is 26.6. The number of alkyl halides is 2. The molecule has 1 aliphatic heterocycles. The number of carbonyl (C=O) groups is 1. The van der Waals surface area contributed by atoms with Gasteiger partial charge in [-0.3, -0.25) is 19.1 Å². The number of piperazine rings is 1. The van der Waals surface area contributed by atoms with E-state index in [4.69, 9.17) is 9.72 Å². The Labute approximate surface area is 234 Å². The highest BCUT2D eigenvalue weighted by molar-refractivity contribution is 5.95. The molecule has 0 saturated carbocycles. The minimum Gasteiger partial charge on any atom is -0.492 e. The van der Waals surface area contributed by atoms with Crippen LogP contribution in [0, 0.1) is 0 Å². The number of aromatic amines is 1. The molecule has 0 aliphatic carbocycles. The van der Waals surface area contributed by atoms with Gasteiger partial charge < -0.3 is 14.6 Å². The highest BCUT2D eigenvalue weighted by Gasteiger charge is 2.28. The van der Waals surface area contributed by atoms with Crippen LogP contribution in [0.1, 0.15) is 13.5 Å². The number of carbonyl (C=O) groups excluding carboxylic acids is 1. The van der Waals surface area contributed by atoms with Gasteiger partial charge in [0.05, 0.1) is 17.3 Å². The van der Waals surface area contributed by atoms with Crippen LogP contribution in [0.2, 0.25) is 0 Å². The van der Waals surface area contributed by atoms with Gasteiger partial charge in [-0.15, -0.1) is 0 Å². The monoisotopic (exact) mass is 557 g/mol. The largest absolute Gasteiger partial charge is 0.492 e. The number of likely N-dealkylation sites (N-methyl/N-ethyl adjacent to an activating group) is 1. The van der Waals surface area contributed by atoms with Crippen LogP contribution in [0.15, 0.2) is 77.9 Å². The van der Waals surface area contributed by atoms with Crippen molar-refractivity contribution >= 4 is 27.7 Å². The Hall–Kier alpha value is -4.57. The van der Waals surface area contributed by atoms with Crippen LogP contribution in [0.4, 0.5) is 8.78 Å². The number of pyridine rings is 2. The summed E-state index contributed by atoms with van der Waals surface area (Å²) in [7, 11) is 1.83. The van der Waals surface area contributed by atoms with Crippen molar-refractivity contribution in [1.29, 1.82) is 0 Å². The number of rotatable bonds is 7. The standard InChI is InChI=1S/C31H29F2N5O3/c1-19-29(39)36(2)13-14-37(19)15-16-41-23-7-3-20(4-8-23)21-5-9-26-22(17-21)6-10-27(35-26)25-18-38(31(32)33)30(40)28-24(25)11-12-34-28/h3-12,17-19,31,34H,13-16H2,1-2H3/t19-/m1/s1. The number of amides is 1. The van der Waals surface area contributed by atoms with E-state index in [1.807, 2.05) is 62.5 Å². The summed E-state index contributed by atoms with van der Waals surface area (Å²) in [6.45, 7) is 1.71. The fourth-order valence-electron chi connectivity index (χ4n) is 5.36. The van der Waals surface area contributed by atoms with E-state index < -0.39 is 12.1 Å². The van der Waals surface area contributed by atoms with Crippen LogP contribution in [-0.2, 0) is 4.79 Å². The summed E-state index contributed by atoms with van der Waals surface area (Å²) < 4.78 is 33.4. The zero-order chi connectivity index (χ0) is 28.7. The lowest BCUT2D eigenvalue weighted by molar-refractivity contribution is -0.139. The van der Waals surface area contributed by atoms with Crippen LogP contribution >= 0.6 is 0 Å². The van der Waals surface area contributed by atoms with E-state index in [1.165, 1.54) is 6.20 Å². The first-order chi connectivity index (χ1) is 19.8. The smallest absolute Gasteiger partial charge is 0.321 e. The Kier molecular flexibility index (Phi) is 7.00. The fourth-order valence-corrected chi connectivity index (χ4v) is 5.36. The number of hydrogen-bond acceptors (Lipinski definition) is 5. The summed E-state index contributed by atoms with van der Waals surface area (Å²) in [5.74, 6) is 0.897. The molecule has 0 bridgehead atoms. The van der Waals surface area contributed by atoms with E-state index >= 15 is 0 Å². The molecule has 0 radical (unpaired) electrons. The number of H-pyrrole nitrogens is 1. The lowest BCUT2D eigenvalue weighted by Crippen LogP contribution is -2.55. The zero-order valence-electron chi connectivity index (χ0n) is 22.7. The topological polar surface area (TPSA) is 83.5 Å². The predicted octanol–water partition coefficient (Wildman–Crippen LogP) is 5.15. The molecule has 0 spiro atoms. The molecule has 2 aromatic carbocycles. The SMILES string of the molecule is C[C@@H]1C(=O)N(C)CCN1CCOc1ccc(-c2ccc3nc(-c4cn(C(F)F)c(=O)c5[nH]ccc45)ccc3c2)cc1. The Bertz CT molecular complexity index is 1800. The molecule has 1 N–H and O–H groups in total. The van der Waals surface area contributed by atoms with Crippen molar-refractivity contribution in [2.45, 2.75) is 19.5 Å². The molecule has 5 aromatic rings. The van der Waals surface area contributed by atoms with E-state index in [0.717, 1.165) is 35.4 Å². The second-order valence-corrected chi connectivity index (χ2v) is 10.2. The first-order valence-electron chi connectivity index (χ1n) is 13.4. The Morgan fingerprint density at radius 2 is 1.80 bits per heavy atom. The van der Waals surface area contributed by atoms with Crippen LogP contribution < -0.4 is 10.3 Å². The normalized spacial score (nSPS) is 16.3. The van der Waals surface area contributed by atoms with E-state index in [9.17, 15) is 18.4 Å². The lowest BCUT2D eigenvalue weighted by Gasteiger charge is -2.37. The summed E-state index contributed by atoms with van der Waals surface area (Å²) in [5.41, 5.74) is 3.03. The highest BCUT2D eigenvalue weighted by Crippen LogP contribution is 2.30. The summed E-state index contributed by atoms with van der Waals surface area (Å²) in [5, 5.41) is 1.44. The van der Waals surface area contributed by atoms with Crippen molar-refractivity contribution in [2.75, 3.05) is 33.3 Å². The Morgan fingerprint density at radius 3 is 2.59 bits per heavy atom. The first-order valence-corrected chi connectivity index (χ1v) is 13.4. The average Bonchev–Trinajstić information content (AvgIpc) is 3.48. The van der Waals surface area contributed by atoms with E-state index in [1.54, 1.807) is 23.2 Å². The van der Waals surface area contributed by atoms with E-state index in [0.29, 0.717) is 39.9 Å². The number of nitrogens with zero attached hydrogens (tertiary/aromatic N) is 4. The molecule has 1 atom stereocenters. The number of benzene rings is 2. The average molecular weight is 558 g/mol. The molecule has 1 amide bonds. The van der Waals surface area contributed by atoms with Crippen molar-refractivity contribution in [3.05, 3.63) is 83.4 Å². The van der Waals surface area contributed by atoms with Crippen LogP contribution in [0.25, 0.3) is 44.2 Å². The molecule has 8 nitrogen and oxygen atoms in total. The number of hydrogen-bond donors (Lipinski definition) is 1. The third-order valence-electron chi connectivity index (χ3n) is 7.77. The third kappa shape index (κ3) is 5.06. The molecule has 210 valence electrons. The highest BCUT2D eigenvalue weighted by atomic mass is 19.3. The predicted molar refractivity (Wildman–Crippen MR) is 154 cm³/mol. The van der Waals surface area contributed by atoms with Gasteiger partial charge in [-0.1, -0.05) is 24.3 Å². The third-order valence-corrected chi connectivity index (χ3v) is 7.77. The minimum atomic E-state index is -2.96. The molecule has 3 aromatic heterocycles. The van der Waals surface area contributed by atoms with Gasteiger partial charge in [0, 0.05) is 55.4 Å². The lowest BCUT2D eigenvalue weighted by atomic mass is 10.0. The van der Waals surface area contributed by atoms with Crippen molar-refractivity contribution in [3.63, 3.8) is 0 Å². The molecule has 1 aliphatic rings. The maximum Gasteiger partial charge on any atom is 0.321 e. The summed E-state index contributed by atoms with van der Waals surface area (Å²) in [4.78, 5) is 36.0. The molecule has 41 heavy (non-hydrogen) atoms. The van der Waals surface area contributed by atoms with E-state index in [2.05, 4.69) is 9.88 Å². The molecule has 0 unspecified atom stereocenters. The quantitative estimate of drug-likeness (QED) is 0.299. The number of halogens is 2. The van der Waals surface area contributed by atoms with Crippen molar-refractivity contribution in [2.24, 2.45) is 0 Å². The Morgan fingerprint density at radius 1 is 1.02 bits per heavy atom. The van der Waals surface area contributed by atoms with Gasteiger partial charge in [0.1, 0.15) is 17.9 Å². The van der Waals surface area contributed by atoms with Gasteiger partial charge in [-0.05, 0) is 54.4 Å². The summed E-state index contributed by atoms with van der Waals surface area (Å²) in [6.07, 6.45) is 2.73. The zero-order valence-corrected chi connectivity index (χ0v) is 22.7. The van der Waals surface area contributed by atoms with Crippen LogP contribution in [-0.4, -0.2) is 69.6 Å². The molecule has 6 rings (SSSR count). The molecular formula is C31H29F2N5O3. The van der Waals surface area contributed by atoms with Crippen LogP contribution in [0.5, 0.6) is 5.75 Å². The Balaban J connectivity index is 1.18. The van der Waals surface area contributed by atoms with Gasteiger partial charge in [0.2, 0.25) is 5.91 Å². The minimum absolute atomic E-state index is 0.122. The number of nitrogens with one attached hydrogen (secondary N) is 1. The van der Waals surface area contributed by atoms with Crippen molar-refractivity contribution in [1.82, 2.24) is 24.3 Å². The second kappa shape index (κ2) is 10.8. The van der Waals surface area contributed by atoms with Crippen LogP contribution in [0.3, 0.4) is 0 Å². The molecule has 10 heteroatoms. The van der Waals surface area contributed by atoms with Gasteiger partial charge in [-0.2, -0.15) is 8.78 Å². The van der Waals surface area contributed by atoms with Gasteiger partial charge in [-0.25, -0.2) is 4.98 Å². The molecular weight excluding hydrogens is 528 g/mol. The molecule has 4 heterocycles. The van der Waals surface area contributed by atoms with Gasteiger partial charge >= 0.3 is 6.55 Å². The van der Waals surface area contributed by atoms with Gasteiger partial charge in [0.25, 0.3) is 5.56 Å². The number of aromatic nitrogens is 3. The van der Waals surface area contributed by atoms with Crippen molar-refractivity contribution < 1.29 is 18.3 Å². The molecule has 1 saturated heterocycles. The second-order valence-electron chi connectivity index (χ2n) is 10.2. The maximum absolute atomic E-state index is 13.5. The summed E-state index contributed by atoms with van der Waals surface area (Å²) in [6, 6.07) is 19.0. The maximum atomic E-state index is 13.5. The van der Waals surface area contributed by atoms with E-state index in [-0.39, 0.29) is 17.5 Å². The van der Waals surface area contributed by atoms with Gasteiger partial charge in [0.15, 0.2) is 0 Å². The van der Waals surface area contributed by atoms with Crippen molar-refractivity contribution in [3.8, 4) is 28.1 Å². The number of ether oxygens (including phenoxy) is 1. The summed E-state index contributed by atoms with van der Waals surface area (Å²) >= 11 is 0. The fraction of sp³-hybridized carbons (Fsp3) is 0.258. The number of fused-ring (bicyclic) bond motifs is 2.